The number of aromatic nitrogens is 1. The first-order chi connectivity index (χ1) is 6.70. The minimum Gasteiger partial charge on any atom is -0.361 e. The fourth-order valence-electron chi connectivity index (χ4n) is 0.673. The van der Waals surface area contributed by atoms with Gasteiger partial charge in [-0.2, -0.15) is 5.10 Å². The number of nitrogens with one attached hydrogen (secondary N) is 1. The summed E-state index contributed by atoms with van der Waals surface area (Å²) in [4.78, 5) is 24.7. The van der Waals surface area contributed by atoms with E-state index in [4.69, 9.17) is 0 Å². The first-order valence-electron chi connectivity index (χ1n) is 3.73. The van der Waals surface area contributed by atoms with E-state index in [1.54, 1.807) is 24.5 Å². The highest BCUT2D eigenvalue weighted by Gasteiger charge is 2.04. The van der Waals surface area contributed by atoms with Gasteiger partial charge in [0.15, 0.2) is 0 Å². The van der Waals surface area contributed by atoms with Crippen LogP contribution >= 0.6 is 0 Å². The number of hydrogen-bond acceptors (Lipinski definition) is 4. The highest BCUT2D eigenvalue weighted by molar-refractivity contribution is 6.34. The molecule has 0 aliphatic heterocycles. The monoisotopic (exact) mass is 192 g/mol. The third kappa shape index (κ3) is 3.02. The van der Waals surface area contributed by atoms with Crippen molar-refractivity contribution in [3.05, 3.63) is 30.1 Å². The number of nitrogens with two attached hydrogens (primary N) is 1. The summed E-state index contributed by atoms with van der Waals surface area (Å²) in [7, 11) is 0. The third-order valence-corrected chi connectivity index (χ3v) is 1.29. The van der Waals surface area contributed by atoms with Crippen molar-refractivity contribution in [3.8, 4) is 0 Å². The molecule has 0 saturated carbocycles. The minimum atomic E-state index is -1.08. The van der Waals surface area contributed by atoms with Gasteiger partial charge in [0.1, 0.15) is 0 Å². The van der Waals surface area contributed by atoms with Crippen molar-refractivity contribution in [1.29, 1.82) is 0 Å². The van der Waals surface area contributed by atoms with E-state index in [1.807, 2.05) is 5.43 Å². The molecular weight excluding hydrogens is 184 g/mol. The number of carbonyl (C=O) groups excluding carboxylic acids is 2. The van der Waals surface area contributed by atoms with E-state index in [1.165, 1.54) is 6.21 Å². The maximum atomic E-state index is 10.6. The van der Waals surface area contributed by atoms with Crippen molar-refractivity contribution in [2.45, 2.75) is 0 Å². The van der Waals surface area contributed by atoms with Crippen LogP contribution in [-0.2, 0) is 9.59 Å². The lowest BCUT2D eigenvalue weighted by molar-refractivity contribution is -0.137. The Morgan fingerprint density at radius 3 is 2.93 bits per heavy atom. The van der Waals surface area contributed by atoms with Gasteiger partial charge < -0.3 is 5.73 Å². The van der Waals surface area contributed by atoms with Crippen molar-refractivity contribution in [2.75, 3.05) is 0 Å². The molecule has 0 aliphatic rings. The summed E-state index contributed by atoms with van der Waals surface area (Å²) >= 11 is 0. The Balaban J connectivity index is 2.50. The Labute approximate surface area is 79.8 Å². The Morgan fingerprint density at radius 2 is 2.36 bits per heavy atom. The second-order valence-electron chi connectivity index (χ2n) is 2.35. The summed E-state index contributed by atoms with van der Waals surface area (Å²) in [5.74, 6) is -2.03. The topological polar surface area (TPSA) is 97.4 Å². The van der Waals surface area contributed by atoms with Gasteiger partial charge >= 0.3 is 11.8 Å². The van der Waals surface area contributed by atoms with E-state index in [0.717, 1.165) is 0 Å². The fourth-order valence-corrected chi connectivity index (χ4v) is 0.673. The van der Waals surface area contributed by atoms with Crippen molar-refractivity contribution in [3.63, 3.8) is 0 Å². The Hall–Kier alpha value is -2.24. The number of hydrogen-bond donors (Lipinski definition) is 2. The van der Waals surface area contributed by atoms with Gasteiger partial charge in [0.05, 0.1) is 6.21 Å². The third-order valence-electron chi connectivity index (χ3n) is 1.29. The molecule has 0 atom stereocenters. The van der Waals surface area contributed by atoms with Gasteiger partial charge in [-0.3, -0.25) is 14.6 Å². The molecule has 0 bridgehead atoms. The molecule has 6 nitrogen and oxygen atoms in total. The maximum Gasteiger partial charge on any atom is 0.329 e. The molecule has 1 heterocycles. The quantitative estimate of drug-likeness (QED) is 0.358. The SMILES string of the molecule is NC(=O)C(=O)N/N=C/c1cccnc1. The second-order valence-corrected chi connectivity index (χ2v) is 2.35. The van der Waals surface area contributed by atoms with Crippen LogP contribution < -0.4 is 11.2 Å². The fraction of sp³-hybridized carbons (Fsp3) is 0. The zero-order chi connectivity index (χ0) is 10.4. The zero-order valence-electron chi connectivity index (χ0n) is 7.18. The van der Waals surface area contributed by atoms with Crippen molar-refractivity contribution < 1.29 is 9.59 Å². The molecule has 14 heavy (non-hydrogen) atoms. The Morgan fingerprint density at radius 1 is 1.57 bits per heavy atom. The van der Waals surface area contributed by atoms with E-state index in [9.17, 15) is 9.59 Å². The number of primary amides is 1. The van der Waals surface area contributed by atoms with E-state index in [0.29, 0.717) is 5.56 Å². The molecule has 0 unspecified atom stereocenters. The second kappa shape index (κ2) is 4.70. The lowest BCUT2D eigenvalue weighted by atomic mass is 10.3. The average Bonchev–Trinajstić information content (AvgIpc) is 2.19. The van der Waals surface area contributed by atoms with Crippen LogP contribution in [0.4, 0.5) is 0 Å². The number of nitrogens with zero attached hydrogens (tertiary/aromatic N) is 2. The predicted octanol–water partition coefficient (Wildman–Crippen LogP) is -0.983. The van der Waals surface area contributed by atoms with Crippen LogP contribution in [0.15, 0.2) is 29.6 Å². The number of hydrazone groups is 1. The van der Waals surface area contributed by atoms with Crippen molar-refractivity contribution >= 4 is 18.0 Å². The molecule has 0 saturated heterocycles. The molecule has 0 radical (unpaired) electrons. The molecule has 0 aliphatic carbocycles. The predicted molar refractivity (Wildman–Crippen MR) is 49.2 cm³/mol. The van der Waals surface area contributed by atoms with Crippen LogP contribution in [0.2, 0.25) is 0 Å². The number of pyridine rings is 1. The molecule has 0 spiro atoms. The first kappa shape index (κ1) is 9.85. The number of carbonyl (C=O) groups is 2. The molecular formula is C8H8N4O2. The van der Waals surface area contributed by atoms with E-state index in [2.05, 4.69) is 15.8 Å². The minimum absolute atomic E-state index is 0.706. The summed E-state index contributed by atoms with van der Waals surface area (Å²) < 4.78 is 0. The number of amides is 2. The Bertz CT molecular complexity index is 361. The highest BCUT2D eigenvalue weighted by atomic mass is 16.2. The molecule has 0 fully saturated rings. The van der Waals surface area contributed by atoms with Crippen molar-refractivity contribution in [1.82, 2.24) is 10.4 Å². The first-order valence-corrected chi connectivity index (χ1v) is 3.73. The van der Waals surface area contributed by atoms with Gasteiger partial charge in [0.25, 0.3) is 0 Å². The van der Waals surface area contributed by atoms with Crippen LogP contribution in [0.5, 0.6) is 0 Å². The van der Waals surface area contributed by atoms with Crippen LogP contribution in [0.3, 0.4) is 0 Å². The normalized spacial score (nSPS) is 10.0. The molecule has 2 amide bonds. The van der Waals surface area contributed by atoms with Crippen LogP contribution in [0.25, 0.3) is 0 Å². The van der Waals surface area contributed by atoms with Gasteiger partial charge in [-0.05, 0) is 6.07 Å². The lowest BCUT2D eigenvalue weighted by Crippen LogP contribution is -2.32. The van der Waals surface area contributed by atoms with Crippen molar-refractivity contribution in [2.24, 2.45) is 10.8 Å². The van der Waals surface area contributed by atoms with Crippen LogP contribution in [0.1, 0.15) is 5.56 Å². The van der Waals surface area contributed by atoms with Gasteiger partial charge in [-0.1, -0.05) is 6.07 Å². The van der Waals surface area contributed by atoms with Gasteiger partial charge in [0.2, 0.25) is 0 Å². The van der Waals surface area contributed by atoms with E-state index >= 15 is 0 Å². The maximum absolute atomic E-state index is 10.6. The lowest BCUT2D eigenvalue weighted by Gasteiger charge is -1.93. The van der Waals surface area contributed by atoms with Gasteiger partial charge in [-0.15, -0.1) is 0 Å². The molecule has 1 aromatic rings. The molecule has 1 aromatic heterocycles. The molecule has 6 heteroatoms. The van der Waals surface area contributed by atoms with Crippen LogP contribution in [0, 0.1) is 0 Å². The smallest absolute Gasteiger partial charge is 0.329 e. The summed E-state index contributed by atoms with van der Waals surface area (Å²) in [6, 6.07) is 3.46. The molecule has 1 rings (SSSR count). The van der Waals surface area contributed by atoms with E-state index < -0.39 is 11.8 Å². The number of rotatable bonds is 2. The summed E-state index contributed by atoms with van der Waals surface area (Å²) in [5.41, 5.74) is 7.34. The van der Waals surface area contributed by atoms with Gasteiger partial charge in [-0.25, -0.2) is 5.43 Å². The summed E-state index contributed by atoms with van der Waals surface area (Å²) in [5, 5.41) is 3.50. The van der Waals surface area contributed by atoms with Gasteiger partial charge in [0, 0.05) is 18.0 Å². The Kier molecular flexibility index (Phi) is 3.31. The zero-order valence-corrected chi connectivity index (χ0v) is 7.18. The highest BCUT2D eigenvalue weighted by Crippen LogP contribution is 1.89. The summed E-state index contributed by atoms with van der Waals surface area (Å²) in [6.45, 7) is 0. The largest absolute Gasteiger partial charge is 0.361 e. The molecule has 72 valence electrons. The van der Waals surface area contributed by atoms with Crippen LogP contribution in [-0.4, -0.2) is 23.0 Å². The molecule has 3 N–H and O–H groups in total. The van der Waals surface area contributed by atoms with E-state index in [-0.39, 0.29) is 0 Å². The molecule has 0 aromatic carbocycles. The average molecular weight is 192 g/mol. The standard InChI is InChI=1S/C8H8N4O2/c9-7(13)8(14)12-11-5-6-2-1-3-10-4-6/h1-5H,(H2,9,13)(H,12,14)/b11-5+. The summed E-state index contributed by atoms with van der Waals surface area (Å²) in [6.07, 6.45) is 4.52.